The summed E-state index contributed by atoms with van der Waals surface area (Å²) in [5, 5.41) is 21.8. The summed E-state index contributed by atoms with van der Waals surface area (Å²) >= 11 is 7.55. The molecule has 3 aromatic rings. The molecule has 0 radical (unpaired) electrons. The van der Waals surface area contributed by atoms with E-state index in [1.807, 2.05) is 23.6 Å². The average molecular weight is 386 g/mol. The summed E-state index contributed by atoms with van der Waals surface area (Å²) in [6, 6.07) is 13.3. The highest BCUT2D eigenvalue weighted by Crippen LogP contribution is 2.35. The molecule has 4 nitrogen and oxygen atoms in total. The lowest BCUT2D eigenvalue weighted by Gasteiger charge is -2.18. The fraction of sp³-hybridized carbons (Fsp3) is 0.0526. The molecule has 1 aromatic heterocycles. The molecule has 1 aliphatic heterocycles. The van der Waals surface area contributed by atoms with E-state index in [4.69, 9.17) is 17.0 Å². The van der Waals surface area contributed by atoms with Gasteiger partial charge in [-0.05, 0) is 24.3 Å². The van der Waals surface area contributed by atoms with E-state index in [-0.39, 0.29) is 18.1 Å². The second-order valence-corrected chi connectivity index (χ2v) is 7.02. The molecule has 0 aliphatic carbocycles. The first-order valence-corrected chi connectivity index (χ1v) is 9.05. The summed E-state index contributed by atoms with van der Waals surface area (Å²) in [5.74, 6) is -0.258. The number of benzene rings is 2. The van der Waals surface area contributed by atoms with Crippen molar-refractivity contribution in [2.24, 2.45) is 0 Å². The minimum absolute atomic E-state index is 0.0410. The summed E-state index contributed by atoms with van der Waals surface area (Å²) in [6.07, 6.45) is 0. The number of aromatic nitrogens is 1. The zero-order chi connectivity index (χ0) is 18.3. The third-order valence-electron chi connectivity index (χ3n) is 4.09. The van der Waals surface area contributed by atoms with Gasteiger partial charge in [-0.3, -0.25) is 5.41 Å². The Labute approximate surface area is 158 Å². The lowest BCUT2D eigenvalue weighted by atomic mass is 10.2. The number of thiazole rings is 1. The molecule has 0 unspecified atom stereocenters. The number of hydrogen-bond acceptors (Lipinski definition) is 4. The molecule has 0 amide bonds. The first-order valence-electron chi connectivity index (χ1n) is 7.79. The van der Waals surface area contributed by atoms with Crippen molar-refractivity contribution >= 4 is 40.0 Å². The Morgan fingerprint density at radius 3 is 2.77 bits per heavy atom. The summed E-state index contributed by atoms with van der Waals surface area (Å²) in [5.41, 5.74) is 2.35. The van der Waals surface area contributed by atoms with Gasteiger partial charge in [-0.2, -0.15) is 0 Å². The van der Waals surface area contributed by atoms with Crippen LogP contribution in [0.15, 0.2) is 59.7 Å². The Balaban J connectivity index is 1.67. The zero-order valence-electron chi connectivity index (χ0n) is 13.4. The van der Waals surface area contributed by atoms with E-state index in [0.29, 0.717) is 27.0 Å². The molecule has 0 atom stereocenters. The highest BCUT2D eigenvalue weighted by atomic mass is 35.5. The highest BCUT2D eigenvalue weighted by molar-refractivity contribution is 7.11. The van der Waals surface area contributed by atoms with Crippen molar-refractivity contribution in [1.82, 2.24) is 4.98 Å². The predicted molar refractivity (Wildman–Crippen MR) is 104 cm³/mol. The van der Waals surface area contributed by atoms with Gasteiger partial charge in [-0.25, -0.2) is 9.37 Å². The average Bonchev–Trinajstić information content (AvgIpc) is 3.20. The van der Waals surface area contributed by atoms with Crippen molar-refractivity contribution in [3.8, 4) is 11.3 Å². The van der Waals surface area contributed by atoms with Gasteiger partial charge in [0.25, 0.3) is 0 Å². The van der Waals surface area contributed by atoms with Crippen LogP contribution in [-0.2, 0) is 0 Å². The number of halogens is 2. The van der Waals surface area contributed by atoms with Crippen molar-refractivity contribution in [2.75, 3.05) is 11.4 Å². The van der Waals surface area contributed by atoms with Gasteiger partial charge >= 0.3 is 0 Å². The third-order valence-corrected chi connectivity index (χ3v) is 5.28. The Morgan fingerprint density at radius 2 is 2.00 bits per heavy atom. The normalized spacial score (nSPS) is 14.4. The number of nitrogens with zero attached hydrogens (tertiary/aromatic N) is 2. The molecule has 0 saturated carbocycles. The highest BCUT2D eigenvalue weighted by Gasteiger charge is 2.31. The summed E-state index contributed by atoms with van der Waals surface area (Å²) < 4.78 is 13.5. The molecule has 26 heavy (non-hydrogen) atoms. The summed E-state index contributed by atoms with van der Waals surface area (Å²) in [7, 11) is 0. The third kappa shape index (κ3) is 2.87. The Bertz CT molecular complexity index is 1050. The maximum atomic E-state index is 13.5. The van der Waals surface area contributed by atoms with Crippen molar-refractivity contribution in [1.29, 1.82) is 5.41 Å². The van der Waals surface area contributed by atoms with Crippen LogP contribution in [0.25, 0.3) is 16.8 Å². The van der Waals surface area contributed by atoms with Crippen LogP contribution in [0, 0.1) is 11.2 Å². The van der Waals surface area contributed by atoms with E-state index in [2.05, 4.69) is 4.98 Å². The quantitative estimate of drug-likeness (QED) is 0.637. The number of amidine groups is 1. The molecule has 2 aromatic carbocycles. The molecular weight excluding hydrogens is 373 g/mol. The second-order valence-electron chi connectivity index (χ2n) is 5.75. The monoisotopic (exact) mass is 385 g/mol. The van der Waals surface area contributed by atoms with Gasteiger partial charge in [0.1, 0.15) is 22.4 Å². The molecule has 0 saturated heterocycles. The molecule has 0 spiro atoms. The molecule has 2 N–H and O–H groups in total. The molecule has 7 heteroatoms. The lowest BCUT2D eigenvalue weighted by molar-refractivity contribution is 0.411. The van der Waals surface area contributed by atoms with Gasteiger partial charge in [0, 0.05) is 21.7 Å². The van der Waals surface area contributed by atoms with Gasteiger partial charge in [-0.15, -0.1) is 11.3 Å². The van der Waals surface area contributed by atoms with Crippen LogP contribution in [0.1, 0.15) is 5.01 Å². The number of rotatable bonds is 3. The van der Waals surface area contributed by atoms with Crippen molar-refractivity contribution < 1.29 is 9.50 Å². The Morgan fingerprint density at radius 1 is 1.19 bits per heavy atom. The van der Waals surface area contributed by atoms with E-state index in [0.717, 1.165) is 5.56 Å². The van der Waals surface area contributed by atoms with Crippen LogP contribution in [0.3, 0.4) is 0 Å². The fourth-order valence-electron chi connectivity index (χ4n) is 2.85. The molecule has 4 rings (SSSR count). The minimum atomic E-state index is -0.390. The van der Waals surface area contributed by atoms with Crippen LogP contribution >= 0.6 is 22.9 Å². The number of nitrogens with one attached hydrogen (secondary N) is 1. The molecule has 130 valence electrons. The van der Waals surface area contributed by atoms with E-state index < -0.39 is 5.82 Å². The van der Waals surface area contributed by atoms with Gasteiger partial charge in [-0.1, -0.05) is 35.9 Å². The Kier molecular flexibility index (Phi) is 4.22. The number of hydrogen-bond donors (Lipinski definition) is 2. The van der Waals surface area contributed by atoms with Crippen molar-refractivity contribution in [3.05, 3.63) is 75.5 Å². The molecule has 1 aliphatic rings. The number of aliphatic hydroxyl groups excluding tert-OH is 1. The van der Waals surface area contributed by atoms with Crippen LogP contribution in [0.4, 0.5) is 10.1 Å². The van der Waals surface area contributed by atoms with E-state index in [9.17, 15) is 9.50 Å². The largest absolute Gasteiger partial charge is 0.510 e. The molecular formula is C19H13ClFN3OS. The van der Waals surface area contributed by atoms with E-state index >= 15 is 0 Å². The van der Waals surface area contributed by atoms with Crippen molar-refractivity contribution in [3.63, 3.8) is 0 Å². The Hall–Kier alpha value is -2.70. The van der Waals surface area contributed by atoms with Crippen LogP contribution in [0.2, 0.25) is 5.02 Å². The van der Waals surface area contributed by atoms with Crippen LogP contribution in [-0.4, -0.2) is 22.5 Å². The van der Waals surface area contributed by atoms with Gasteiger partial charge < -0.3 is 10.0 Å². The van der Waals surface area contributed by atoms with Gasteiger partial charge in [0.2, 0.25) is 0 Å². The van der Waals surface area contributed by atoms with Gasteiger partial charge in [0.05, 0.1) is 17.8 Å². The minimum Gasteiger partial charge on any atom is -0.510 e. The smallest absolute Gasteiger partial charge is 0.139 e. The molecule has 0 fully saturated rings. The standard InChI is InChI=1S/C19H13ClFN3OS/c20-14-7-2-1-6-13(14)15-10-26-19(23-15)17-16(25)9-24(18(17)22)12-5-3-4-11(21)8-12/h1-8,10,22,25H,9H2. The topological polar surface area (TPSA) is 60.2 Å². The summed E-state index contributed by atoms with van der Waals surface area (Å²) in [6.45, 7) is 0.110. The zero-order valence-corrected chi connectivity index (χ0v) is 15.0. The van der Waals surface area contributed by atoms with Crippen LogP contribution < -0.4 is 4.90 Å². The maximum absolute atomic E-state index is 13.5. The van der Waals surface area contributed by atoms with Crippen LogP contribution in [0.5, 0.6) is 0 Å². The number of aliphatic hydroxyl groups is 1. The van der Waals surface area contributed by atoms with E-state index in [1.54, 1.807) is 23.1 Å². The number of anilines is 1. The SMILES string of the molecule is N=C1C(c2nc(-c3ccccc3Cl)cs2)=C(O)CN1c1cccc(F)c1. The lowest BCUT2D eigenvalue weighted by Crippen LogP contribution is -2.26. The van der Waals surface area contributed by atoms with Crippen molar-refractivity contribution in [2.45, 2.75) is 0 Å². The van der Waals surface area contributed by atoms with Gasteiger partial charge in [0.15, 0.2) is 0 Å². The first kappa shape index (κ1) is 16.8. The second kappa shape index (κ2) is 6.55. The first-order chi connectivity index (χ1) is 12.5. The van der Waals surface area contributed by atoms with E-state index in [1.165, 1.54) is 23.5 Å². The maximum Gasteiger partial charge on any atom is 0.139 e. The fourth-order valence-corrected chi connectivity index (χ4v) is 3.97. The predicted octanol–water partition coefficient (Wildman–Crippen LogP) is 5.37. The molecule has 0 bridgehead atoms. The molecule has 2 heterocycles. The summed E-state index contributed by atoms with van der Waals surface area (Å²) in [4.78, 5) is 6.09.